The van der Waals surface area contributed by atoms with Crippen LogP contribution in [0.2, 0.25) is 5.02 Å². The van der Waals surface area contributed by atoms with Gasteiger partial charge in [-0.25, -0.2) is 18.5 Å². The van der Waals surface area contributed by atoms with Gasteiger partial charge in [0.2, 0.25) is 5.91 Å². The Labute approximate surface area is 194 Å². The summed E-state index contributed by atoms with van der Waals surface area (Å²) in [6.45, 7) is 1.31. The van der Waals surface area contributed by atoms with Gasteiger partial charge in [-0.05, 0) is 19.1 Å². The number of aromatic nitrogens is 2. The second-order valence-corrected chi connectivity index (χ2v) is 10.5. The lowest BCUT2D eigenvalue weighted by Crippen LogP contribution is -2.42. The van der Waals surface area contributed by atoms with Crippen molar-refractivity contribution in [3.05, 3.63) is 55.6 Å². The van der Waals surface area contributed by atoms with Crippen LogP contribution in [0.3, 0.4) is 0 Å². The van der Waals surface area contributed by atoms with Crippen LogP contribution in [0.15, 0.2) is 32.7 Å². The predicted octanol–water partition coefficient (Wildman–Crippen LogP) is 1.75. The smallest absolute Gasteiger partial charge is 0.292 e. The molecule has 0 saturated carbocycles. The number of alkyl halides is 3. The average Bonchev–Trinajstić information content (AvgIpc) is 2.66. The molecule has 182 valence electrons. The number of benzene rings is 1. The van der Waals surface area contributed by atoms with Gasteiger partial charge < -0.3 is 0 Å². The van der Waals surface area contributed by atoms with Crippen LogP contribution in [0.4, 0.5) is 17.6 Å². The van der Waals surface area contributed by atoms with Gasteiger partial charge in [0.05, 0.1) is 16.0 Å². The first-order valence-corrected chi connectivity index (χ1v) is 11.5. The minimum Gasteiger partial charge on any atom is -0.292 e. The molecule has 0 aliphatic rings. The summed E-state index contributed by atoms with van der Waals surface area (Å²) in [6, 6.07) is 1.76. The largest absolute Gasteiger partial charge is 0.431 e. The van der Waals surface area contributed by atoms with Crippen molar-refractivity contribution in [1.29, 1.82) is 0 Å². The van der Waals surface area contributed by atoms with Crippen molar-refractivity contribution in [2.75, 3.05) is 14.1 Å². The molecule has 1 aromatic heterocycles. The van der Waals surface area contributed by atoms with Crippen molar-refractivity contribution < 1.29 is 30.8 Å². The molecule has 0 saturated heterocycles. The molecule has 0 aliphatic heterocycles. The van der Waals surface area contributed by atoms with E-state index in [-0.39, 0.29) is 25.1 Å². The Morgan fingerprint density at radius 1 is 1.21 bits per heavy atom. The van der Waals surface area contributed by atoms with E-state index in [1.807, 2.05) is 0 Å². The van der Waals surface area contributed by atoms with Gasteiger partial charge in [0.1, 0.15) is 11.5 Å². The minimum atomic E-state index is -5.00. The molecule has 1 heterocycles. The van der Waals surface area contributed by atoms with Crippen LogP contribution in [0.5, 0.6) is 0 Å². The Kier molecular flexibility index (Phi) is 7.72. The zero-order chi connectivity index (χ0) is 25.5. The summed E-state index contributed by atoms with van der Waals surface area (Å²) >= 11 is 6.65. The Morgan fingerprint density at radius 2 is 1.79 bits per heavy atom. The van der Waals surface area contributed by atoms with E-state index in [1.54, 1.807) is 4.72 Å². The molecule has 2 aromatic rings. The third-order valence-electron chi connectivity index (χ3n) is 4.24. The molecule has 0 fully saturated rings. The van der Waals surface area contributed by atoms with E-state index in [0.717, 1.165) is 17.4 Å². The molecule has 16 heteroatoms. The molecule has 9 nitrogen and oxygen atoms in total. The first-order valence-electron chi connectivity index (χ1n) is 8.77. The summed E-state index contributed by atoms with van der Waals surface area (Å²) in [7, 11) is -0.936. The minimum absolute atomic E-state index is 0.0354. The lowest BCUT2D eigenvalue weighted by molar-refractivity contribution is -0.144. The first-order chi connectivity index (χ1) is 15.0. The third kappa shape index (κ3) is 5.77. The number of carbonyl (C=O) groups is 1. The van der Waals surface area contributed by atoms with Gasteiger partial charge in [-0.2, -0.15) is 25.9 Å². The Balaban J connectivity index is 2.53. The van der Waals surface area contributed by atoms with E-state index < -0.39 is 56.0 Å². The molecule has 1 unspecified atom stereocenters. The van der Waals surface area contributed by atoms with Gasteiger partial charge in [0.25, 0.3) is 5.56 Å². The normalized spacial score (nSPS) is 13.3. The zero-order valence-electron chi connectivity index (χ0n) is 17.4. The van der Waals surface area contributed by atoms with Gasteiger partial charge in [-0.1, -0.05) is 11.6 Å². The topological polar surface area (TPSA) is 110 Å². The van der Waals surface area contributed by atoms with Crippen molar-refractivity contribution in [3.63, 3.8) is 0 Å². The molecule has 0 aliphatic carbocycles. The van der Waals surface area contributed by atoms with E-state index in [4.69, 9.17) is 11.6 Å². The number of amides is 1. The van der Waals surface area contributed by atoms with Crippen molar-refractivity contribution in [1.82, 2.24) is 18.2 Å². The number of thioether (sulfide) groups is 1. The second kappa shape index (κ2) is 9.48. The van der Waals surface area contributed by atoms with Crippen LogP contribution in [0.1, 0.15) is 12.6 Å². The van der Waals surface area contributed by atoms with Crippen LogP contribution < -0.4 is 16.0 Å². The lowest BCUT2D eigenvalue weighted by Gasteiger charge is -2.17. The standard InChI is InChI=1S/C17H17ClF4N4O5S2/c1-8(15(28)23-33(30,31)24(2)3)32-12-6-11(10(19)5-9(12)18)26-14(27)7-13(17(20,21)22)25(4)16(26)29/h5-8H,1-4H3,(H,23,28). The highest BCUT2D eigenvalue weighted by molar-refractivity contribution is 8.00. The fraction of sp³-hybridized carbons (Fsp3) is 0.353. The third-order valence-corrected chi connectivity index (χ3v) is 7.24. The summed E-state index contributed by atoms with van der Waals surface area (Å²) in [5.74, 6) is -2.13. The fourth-order valence-corrected chi connectivity index (χ4v) is 4.32. The van der Waals surface area contributed by atoms with Crippen molar-refractivity contribution in [2.24, 2.45) is 7.05 Å². The summed E-state index contributed by atoms with van der Waals surface area (Å²) in [4.78, 5) is 36.9. The van der Waals surface area contributed by atoms with E-state index in [1.165, 1.54) is 21.0 Å². The fourth-order valence-electron chi connectivity index (χ4n) is 2.44. The Bertz CT molecular complexity index is 1320. The molecule has 0 bridgehead atoms. The molecular weight excluding hydrogens is 516 g/mol. The van der Waals surface area contributed by atoms with E-state index in [9.17, 15) is 40.4 Å². The van der Waals surface area contributed by atoms with Gasteiger partial charge in [-0.3, -0.25) is 14.2 Å². The number of rotatable bonds is 6. The summed E-state index contributed by atoms with van der Waals surface area (Å²) in [6.07, 6.45) is -5.00. The molecule has 1 atom stereocenters. The van der Waals surface area contributed by atoms with Crippen LogP contribution in [0.25, 0.3) is 5.69 Å². The molecule has 1 N–H and O–H groups in total. The number of carbonyl (C=O) groups excluding carboxylic acids is 1. The molecule has 2 rings (SSSR count). The number of nitrogens with one attached hydrogen (secondary N) is 1. The van der Waals surface area contributed by atoms with Crippen molar-refractivity contribution in [3.8, 4) is 5.69 Å². The number of hydrogen-bond acceptors (Lipinski definition) is 6. The van der Waals surface area contributed by atoms with Gasteiger partial charge >= 0.3 is 22.1 Å². The number of halogens is 5. The summed E-state index contributed by atoms with van der Waals surface area (Å²) in [5, 5.41) is -1.34. The van der Waals surface area contributed by atoms with Crippen molar-refractivity contribution >= 4 is 39.5 Å². The Morgan fingerprint density at radius 3 is 2.30 bits per heavy atom. The predicted molar refractivity (Wildman–Crippen MR) is 113 cm³/mol. The zero-order valence-corrected chi connectivity index (χ0v) is 19.8. The highest BCUT2D eigenvalue weighted by atomic mass is 35.5. The quantitative estimate of drug-likeness (QED) is 0.448. The maximum atomic E-state index is 14.6. The molecule has 0 spiro atoms. The van der Waals surface area contributed by atoms with Crippen molar-refractivity contribution in [2.45, 2.75) is 23.2 Å². The van der Waals surface area contributed by atoms with Crippen LogP contribution in [-0.4, -0.2) is 47.1 Å². The summed E-state index contributed by atoms with van der Waals surface area (Å²) in [5.41, 5.74) is -5.12. The molecule has 1 aromatic carbocycles. The van der Waals surface area contributed by atoms with Gasteiger partial charge in [0, 0.05) is 32.1 Å². The van der Waals surface area contributed by atoms with Crippen LogP contribution in [0, 0.1) is 5.82 Å². The Hall–Kier alpha value is -2.36. The molecule has 0 radical (unpaired) electrons. The number of hydrogen-bond donors (Lipinski definition) is 1. The SMILES string of the molecule is CC(Sc1cc(-n2c(=O)cc(C(F)(F)F)n(C)c2=O)c(F)cc1Cl)C(=O)NS(=O)(=O)N(C)C. The lowest BCUT2D eigenvalue weighted by atomic mass is 10.3. The highest BCUT2D eigenvalue weighted by Gasteiger charge is 2.35. The molecular formula is C17H17ClF4N4O5S2. The monoisotopic (exact) mass is 532 g/mol. The highest BCUT2D eigenvalue weighted by Crippen LogP contribution is 2.34. The molecule has 33 heavy (non-hydrogen) atoms. The van der Waals surface area contributed by atoms with Crippen LogP contribution in [-0.2, 0) is 28.2 Å². The maximum absolute atomic E-state index is 14.6. The first kappa shape index (κ1) is 26.9. The average molecular weight is 533 g/mol. The summed E-state index contributed by atoms with van der Waals surface area (Å²) < 4.78 is 80.2. The van der Waals surface area contributed by atoms with Gasteiger partial charge in [-0.15, -0.1) is 11.8 Å². The number of nitrogens with zero attached hydrogens (tertiary/aromatic N) is 3. The van der Waals surface area contributed by atoms with E-state index in [0.29, 0.717) is 17.8 Å². The van der Waals surface area contributed by atoms with Gasteiger partial charge in [0.15, 0.2) is 0 Å². The molecule has 1 amide bonds. The van der Waals surface area contributed by atoms with E-state index >= 15 is 0 Å². The van der Waals surface area contributed by atoms with Crippen LogP contribution >= 0.6 is 23.4 Å². The maximum Gasteiger partial charge on any atom is 0.431 e. The van der Waals surface area contributed by atoms with E-state index in [2.05, 4.69) is 0 Å². The second-order valence-electron chi connectivity index (χ2n) is 6.79.